The van der Waals surface area contributed by atoms with Gasteiger partial charge in [0.05, 0.1) is 5.25 Å². The number of benzene rings is 5. The van der Waals surface area contributed by atoms with E-state index in [-0.39, 0.29) is 16.9 Å². The van der Waals surface area contributed by atoms with Crippen molar-refractivity contribution in [1.29, 1.82) is 0 Å². The summed E-state index contributed by atoms with van der Waals surface area (Å²) in [6.45, 7) is 6.10. The topological polar surface area (TPSA) is 87.3 Å². The molecule has 236 valence electrons. The third kappa shape index (κ3) is 9.31. The largest absolute Gasteiger partial charge is 0.325 e. The Hall–Kier alpha value is -5.40. The normalized spacial score (nSPS) is 11.9. The predicted molar refractivity (Wildman–Crippen MR) is 193 cm³/mol. The highest BCUT2D eigenvalue weighted by molar-refractivity contribution is 8.00. The van der Waals surface area contributed by atoms with Gasteiger partial charge in [-0.15, -0.1) is 11.8 Å². The van der Waals surface area contributed by atoms with E-state index < -0.39 is 11.8 Å². The zero-order valence-electron chi connectivity index (χ0n) is 26.6. The van der Waals surface area contributed by atoms with Crippen LogP contribution in [0.3, 0.4) is 0 Å². The van der Waals surface area contributed by atoms with Crippen molar-refractivity contribution in [3.8, 4) is 11.1 Å². The van der Waals surface area contributed by atoms with E-state index >= 15 is 0 Å². The molecule has 1 atom stereocenters. The number of hydrogen-bond acceptors (Lipinski definition) is 4. The molecule has 0 saturated heterocycles. The molecule has 0 aliphatic rings. The van der Waals surface area contributed by atoms with Gasteiger partial charge in [-0.05, 0) is 83.6 Å². The monoisotopic (exact) mass is 639 g/mol. The summed E-state index contributed by atoms with van der Waals surface area (Å²) in [7, 11) is 0. The quantitative estimate of drug-likeness (QED) is 0.0994. The third-order valence-corrected chi connectivity index (χ3v) is 8.57. The second-order valence-corrected chi connectivity index (χ2v) is 12.8. The average Bonchev–Trinajstić information content (AvgIpc) is 3.09. The minimum Gasteiger partial charge on any atom is -0.325 e. The molecule has 5 rings (SSSR count). The van der Waals surface area contributed by atoms with Crippen LogP contribution in [0.15, 0.2) is 144 Å². The number of rotatable bonds is 11. The molecule has 3 N–H and O–H groups in total. The van der Waals surface area contributed by atoms with E-state index in [2.05, 4.69) is 29.8 Å². The zero-order chi connectivity index (χ0) is 33.2. The molecule has 0 radical (unpaired) electrons. The van der Waals surface area contributed by atoms with Crippen molar-refractivity contribution in [2.75, 3.05) is 10.6 Å². The molecule has 0 aromatic heterocycles. The highest BCUT2D eigenvalue weighted by Crippen LogP contribution is 2.27. The molecule has 5 aromatic rings. The van der Waals surface area contributed by atoms with Crippen molar-refractivity contribution in [3.05, 3.63) is 156 Å². The van der Waals surface area contributed by atoms with Gasteiger partial charge in [-0.25, -0.2) is 0 Å². The van der Waals surface area contributed by atoms with Crippen molar-refractivity contribution in [2.45, 2.75) is 36.8 Å². The average molecular weight is 640 g/mol. The summed E-state index contributed by atoms with van der Waals surface area (Å²) in [6, 6.07) is 41.7. The number of hydrogen-bond donors (Lipinski definition) is 3. The fraction of sp³-hybridized carbons (Fsp3) is 0.125. The third-order valence-electron chi connectivity index (χ3n) is 7.48. The molecular formula is C40H37N3O3S. The number of amides is 3. The van der Waals surface area contributed by atoms with Crippen LogP contribution in [0.5, 0.6) is 0 Å². The summed E-state index contributed by atoms with van der Waals surface area (Å²) in [6.07, 6.45) is 1.66. The number of nitrogens with one attached hydrogen (secondary N) is 3. The summed E-state index contributed by atoms with van der Waals surface area (Å²) in [5, 5.41) is 8.31. The lowest BCUT2D eigenvalue weighted by molar-refractivity contribution is -0.115. The maximum Gasteiger partial charge on any atom is 0.272 e. The van der Waals surface area contributed by atoms with Gasteiger partial charge in [0.2, 0.25) is 5.91 Å². The Labute approximate surface area is 280 Å². The van der Waals surface area contributed by atoms with E-state index in [0.29, 0.717) is 17.2 Å². The molecule has 0 saturated carbocycles. The first-order chi connectivity index (χ1) is 22.7. The van der Waals surface area contributed by atoms with Crippen LogP contribution in [-0.4, -0.2) is 23.0 Å². The second kappa shape index (κ2) is 15.7. The van der Waals surface area contributed by atoms with Crippen LogP contribution in [0, 0.1) is 0 Å². The predicted octanol–water partition coefficient (Wildman–Crippen LogP) is 9.01. The van der Waals surface area contributed by atoms with Crippen molar-refractivity contribution >= 4 is 46.9 Å². The highest BCUT2D eigenvalue weighted by Gasteiger charge is 2.18. The first-order valence-electron chi connectivity index (χ1n) is 15.5. The van der Waals surface area contributed by atoms with E-state index in [1.54, 1.807) is 36.4 Å². The molecule has 0 spiro atoms. The lowest BCUT2D eigenvalue weighted by atomic mass is 10.0. The molecule has 0 bridgehead atoms. The van der Waals surface area contributed by atoms with Gasteiger partial charge in [0.15, 0.2) is 0 Å². The minimum atomic E-state index is -0.473. The molecule has 1 unspecified atom stereocenters. The Balaban J connectivity index is 1.29. The maximum absolute atomic E-state index is 13.6. The standard InChI is InChI=1S/C40H37N3O3S/c1-27(2)30-21-23-34(24-22-30)41-38(44)28(3)47-36-16-10-15-35(26-36)42-40(46)37(43-39(45)33-13-8-5-9-14-33)25-29-17-19-32(20-18-29)31-11-6-4-7-12-31/h4-28H,1-3H3,(H,41,44)(H,42,46)(H,43,45)/b37-25+. The van der Waals surface area contributed by atoms with Gasteiger partial charge in [-0.1, -0.05) is 105 Å². The first kappa shape index (κ1) is 33.0. The van der Waals surface area contributed by atoms with Crippen LogP contribution >= 0.6 is 11.8 Å². The fourth-order valence-electron chi connectivity index (χ4n) is 4.81. The van der Waals surface area contributed by atoms with E-state index in [1.165, 1.54) is 17.3 Å². The summed E-state index contributed by atoms with van der Waals surface area (Å²) >= 11 is 1.39. The number of thioether (sulfide) groups is 1. The van der Waals surface area contributed by atoms with Gasteiger partial charge in [0.25, 0.3) is 11.8 Å². The van der Waals surface area contributed by atoms with E-state index in [4.69, 9.17) is 0 Å². The van der Waals surface area contributed by atoms with Crippen LogP contribution in [0.2, 0.25) is 0 Å². The van der Waals surface area contributed by atoms with Crippen molar-refractivity contribution < 1.29 is 14.4 Å². The maximum atomic E-state index is 13.6. The molecule has 0 fully saturated rings. The van der Waals surface area contributed by atoms with E-state index in [0.717, 1.165) is 27.3 Å². The molecular weight excluding hydrogens is 603 g/mol. The van der Waals surface area contributed by atoms with Gasteiger partial charge in [0.1, 0.15) is 5.70 Å². The molecule has 47 heavy (non-hydrogen) atoms. The number of carbonyl (C=O) groups is 3. The Kier molecular flexibility index (Phi) is 11.0. The summed E-state index contributed by atoms with van der Waals surface area (Å²) in [4.78, 5) is 40.5. The molecule has 5 aromatic carbocycles. The molecule has 6 nitrogen and oxygen atoms in total. The number of carbonyl (C=O) groups excluding carboxylic acids is 3. The van der Waals surface area contributed by atoms with Crippen molar-refractivity contribution in [1.82, 2.24) is 5.32 Å². The molecule has 0 aliphatic carbocycles. The SMILES string of the molecule is CC(Sc1cccc(NC(=O)/C(=C\c2ccc(-c3ccccc3)cc2)NC(=O)c2ccccc2)c1)C(=O)Nc1ccc(C(C)C)cc1. The van der Waals surface area contributed by atoms with E-state index in [1.807, 2.05) is 110 Å². The van der Waals surface area contributed by atoms with E-state index in [9.17, 15) is 14.4 Å². The summed E-state index contributed by atoms with van der Waals surface area (Å²) < 4.78 is 0. The Bertz CT molecular complexity index is 1850. The van der Waals surface area contributed by atoms with Gasteiger partial charge in [-0.2, -0.15) is 0 Å². The summed E-state index contributed by atoms with van der Waals surface area (Å²) in [5.41, 5.74) is 5.92. The van der Waals surface area contributed by atoms with Gasteiger partial charge in [-0.3, -0.25) is 14.4 Å². The Morgan fingerprint density at radius 2 is 1.28 bits per heavy atom. The first-order valence-corrected chi connectivity index (χ1v) is 16.4. The second-order valence-electron chi connectivity index (χ2n) is 11.4. The van der Waals surface area contributed by atoms with Crippen molar-refractivity contribution in [2.24, 2.45) is 0 Å². The molecule has 3 amide bonds. The molecule has 0 heterocycles. The van der Waals surface area contributed by atoms with Gasteiger partial charge >= 0.3 is 0 Å². The van der Waals surface area contributed by atoms with Crippen molar-refractivity contribution in [3.63, 3.8) is 0 Å². The molecule has 7 heteroatoms. The lowest BCUT2D eigenvalue weighted by Gasteiger charge is -2.14. The van der Waals surface area contributed by atoms with Crippen LogP contribution in [-0.2, 0) is 9.59 Å². The van der Waals surface area contributed by atoms with Crippen LogP contribution in [0.1, 0.15) is 48.2 Å². The lowest BCUT2D eigenvalue weighted by Crippen LogP contribution is -2.30. The minimum absolute atomic E-state index is 0.0978. The Morgan fingerprint density at radius 3 is 1.94 bits per heavy atom. The molecule has 0 aliphatic heterocycles. The number of anilines is 2. The summed E-state index contributed by atoms with van der Waals surface area (Å²) in [5.74, 6) is -0.566. The highest BCUT2D eigenvalue weighted by atomic mass is 32.2. The smallest absolute Gasteiger partial charge is 0.272 e. The van der Waals surface area contributed by atoms with Gasteiger partial charge in [0, 0.05) is 21.8 Å². The Morgan fingerprint density at radius 1 is 0.638 bits per heavy atom. The van der Waals surface area contributed by atoms with Crippen LogP contribution in [0.25, 0.3) is 17.2 Å². The zero-order valence-corrected chi connectivity index (χ0v) is 27.4. The van der Waals surface area contributed by atoms with Crippen LogP contribution < -0.4 is 16.0 Å². The van der Waals surface area contributed by atoms with Crippen LogP contribution in [0.4, 0.5) is 11.4 Å². The van der Waals surface area contributed by atoms with Gasteiger partial charge < -0.3 is 16.0 Å². The fourth-order valence-corrected chi connectivity index (χ4v) is 5.74.